The van der Waals surface area contributed by atoms with E-state index < -0.39 is 0 Å². The monoisotopic (exact) mass is 399 g/mol. The third kappa shape index (κ3) is 3.23. The number of hydrogen-bond donors (Lipinski definition) is 2. The van der Waals surface area contributed by atoms with Crippen LogP contribution in [-0.4, -0.2) is 52.7 Å². The second-order valence-corrected chi connectivity index (χ2v) is 7.81. The first-order chi connectivity index (χ1) is 14.6. The van der Waals surface area contributed by atoms with Crippen molar-refractivity contribution in [3.63, 3.8) is 0 Å². The van der Waals surface area contributed by atoms with Gasteiger partial charge in [-0.15, -0.1) is 0 Å². The van der Waals surface area contributed by atoms with Gasteiger partial charge in [-0.1, -0.05) is 24.3 Å². The van der Waals surface area contributed by atoms with Crippen LogP contribution >= 0.6 is 0 Å². The molecule has 0 bridgehead atoms. The molecule has 0 radical (unpaired) electrons. The molecule has 7 nitrogen and oxygen atoms in total. The zero-order valence-corrected chi connectivity index (χ0v) is 17.0. The zero-order chi connectivity index (χ0) is 20.7. The van der Waals surface area contributed by atoms with Gasteiger partial charge in [0, 0.05) is 54.9 Å². The molecule has 2 aromatic carbocycles. The van der Waals surface area contributed by atoms with Crippen molar-refractivity contribution in [1.29, 1.82) is 0 Å². The highest BCUT2D eigenvalue weighted by Crippen LogP contribution is 2.32. The molecule has 3 heterocycles. The van der Waals surface area contributed by atoms with Crippen molar-refractivity contribution in [3.8, 4) is 22.3 Å². The fraction of sp³-hybridized carbons (Fsp3) is 0.217. The summed E-state index contributed by atoms with van der Waals surface area (Å²) in [5.41, 5.74) is 18.8. The molecule has 152 valence electrons. The quantitative estimate of drug-likeness (QED) is 0.515. The number of benzene rings is 2. The molecule has 0 aliphatic carbocycles. The first-order valence-corrected chi connectivity index (χ1v) is 10.1. The molecule has 0 saturated carbocycles. The van der Waals surface area contributed by atoms with Crippen LogP contribution in [0.2, 0.25) is 0 Å². The molecule has 1 aliphatic rings. The summed E-state index contributed by atoms with van der Waals surface area (Å²) in [7, 11) is 2.17. The molecule has 5 rings (SSSR count). The highest BCUT2D eigenvalue weighted by Gasteiger charge is 2.17. The highest BCUT2D eigenvalue weighted by molar-refractivity contribution is 5.83. The van der Waals surface area contributed by atoms with Crippen LogP contribution in [0, 0.1) is 0 Å². The molecule has 0 atom stereocenters. The molecule has 1 saturated heterocycles. The van der Waals surface area contributed by atoms with E-state index in [1.807, 2.05) is 36.7 Å². The van der Waals surface area contributed by atoms with Crippen LogP contribution in [0.1, 0.15) is 0 Å². The Balaban J connectivity index is 1.52. The van der Waals surface area contributed by atoms with Crippen molar-refractivity contribution in [2.75, 3.05) is 49.6 Å². The molecule has 0 amide bonds. The Hall–Kier alpha value is -3.58. The number of likely N-dealkylation sites (N-methyl/N-ethyl adjacent to an activating group) is 1. The molecular weight excluding hydrogens is 374 g/mol. The topological polar surface area (TPSA) is 88.7 Å². The third-order valence-corrected chi connectivity index (χ3v) is 5.81. The smallest absolute Gasteiger partial charge is 0.165 e. The molecule has 4 aromatic rings. The molecule has 1 fully saturated rings. The van der Waals surface area contributed by atoms with Crippen molar-refractivity contribution < 1.29 is 0 Å². The lowest BCUT2D eigenvalue weighted by molar-refractivity contribution is 0.313. The Bertz CT molecular complexity index is 1190. The normalized spacial score (nSPS) is 15.0. The molecule has 7 heteroatoms. The second-order valence-electron chi connectivity index (χ2n) is 7.81. The minimum Gasteiger partial charge on any atom is -0.399 e. The van der Waals surface area contributed by atoms with Crippen molar-refractivity contribution in [3.05, 3.63) is 60.9 Å². The largest absolute Gasteiger partial charge is 0.399 e. The van der Waals surface area contributed by atoms with Gasteiger partial charge in [0.2, 0.25) is 0 Å². The predicted molar refractivity (Wildman–Crippen MR) is 122 cm³/mol. The average molecular weight is 400 g/mol. The summed E-state index contributed by atoms with van der Waals surface area (Å²) < 4.78 is 1.71. The minimum atomic E-state index is 0.561. The maximum absolute atomic E-state index is 6.46. The number of rotatable bonds is 3. The van der Waals surface area contributed by atoms with Crippen molar-refractivity contribution in [1.82, 2.24) is 19.5 Å². The number of nitrogen functional groups attached to an aromatic ring is 2. The number of anilines is 3. The van der Waals surface area contributed by atoms with E-state index in [2.05, 4.69) is 46.2 Å². The number of piperazine rings is 1. The van der Waals surface area contributed by atoms with Crippen LogP contribution in [0.3, 0.4) is 0 Å². The lowest BCUT2D eigenvalue weighted by Crippen LogP contribution is -2.44. The summed E-state index contributed by atoms with van der Waals surface area (Å²) in [5, 5.41) is 4.53. The molecule has 0 spiro atoms. The summed E-state index contributed by atoms with van der Waals surface area (Å²) in [5.74, 6) is 0.561. The molecule has 2 aromatic heterocycles. The van der Waals surface area contributed by atoms with E-state index in [4.69, 9.17) is 16.5 Å². The predicted octanol–water partition coefficient (Wildman–Crippen LogP) is 2.98. The molecule has 1 aliphatic heterocycles. The van der Waals surface area contributed by atoms with Crippen LogP contribution in [-0.2, 0) is 0 Å². The van der Waals surface area contributed by atoms with Crippen LogP contribution < -0.4 is 16.4 Å². The van der Waals surface area contributed by atoms with Gasteiger partial charge in [-0.2, -0.15) is 9.61 Å². The van der Waals surface area contributed by atoms with E-state index in [9.17, 15) is 0 Å². The first kappa shape index (κ1) is 18.4. The number of hydrogen-bond acceptors (Lipinski definition) is 6. The van der Waals surface area contributed by atoms with Crippen molar-refractivity contribution in [2.24, 2.45) is 0 Å². The van der Waals surface area contributed by atoms with E-state index in [1.54, 1.807) is 4.52 Å². The Morgan fingerprint density at radius 2 is 1.60 bits per heavy atom. The van der Waals surface area contributed by atoms with E-state index in [-0.39, 0.29) is 0 Å². The fourth-order valence-corrected chi connectivity index (χ4v) is 3.97. The summed E-state index contributed by atoms with van der Waals surface area (Å²) in [6, 6.07) is 16.2. The van der Waals surface area contributed by atoms with Gasteiger partial charge in [-0.3, -0.25) is 0 Å². The Morgan fingerprint density at radius 1 is 0.833 bits per heavy atom. The summed E-state index contributed by atoms with van der Waals surface area (Å²) in [4.78, 5) is 9.48. The Labute approximate surface area is 175 Å². The standard InChI is InChI=1S/C23H25N7/c1-28-9-11-29(12-10-28)19-4-2-3-17(13-19)21-15-27-30-22(25)20(14-26-23(21)30)16-5-7-18(24)8-6-16/h2-8,13-15H,9-12,24-25H2,1H3. The maximum Gasteiger partial charge on any atom is 0.165 e. The summed E-state index contributed by atoms with van der Waals surface area (Å²) in [6.45, 7) is 4.22. The van der Waals surface area contributed by atoms with Gasteiger partial charge in [-0.05, 0) is 42.4 Å². The van der Waals surface area contributed by atoms with Gasteiger partial charge >= 0.3 is 0 Å². The molecular formula is C23H25N7. The van der Waals surface area contributed by atoms with E-state index in [1.165, 1.54) is 5.69 Å². The van der Waals surface area contributed by atoms with Crippen molar-refractivity contribution >= 4 is 22.8 Å². The number of nitrogens with two attached hydrogens (primary N) is 2. The van der Waals surface area contributed by atoms with Gasteiger partial charge in [0.25, 0.3) is 0 Å². The SMILES string of the molecule is CN1CCN(c2cccc(-c3cnn4c(N)c(-c5ccc(N)cc5)cnc34)c2)CC1. The average Bonchev–Trinajstić information content (AvgIpc) is 3.21. The van der Waals surface area contributed by atoms with E-state index in [0.29, 0.717) is 11.5 Å². The van der Waals surface area contributed by atoms with E-state index >= 15 is 0 Å². The Kier molecular flexibility index (Phi) is 4.52. The molecule has 30 heavy (non-hydrogen) atoms. The second kappa shape index (κ2) is 7.35. The number of fused-ring (bicyclic) bond motifs is 1. The number of aromatic nitrogens is 3. The van der Waals surface area contributed by atoms with Gasteiger partial charge in [0.15, 0.2) is 5.65 Å². The molecule has 0 unspecified atom stereocenters. The Morgan fingerprint density at radius 3 is 2.37 bits per heavy atom. The zero-order valence-electron chi connectivity index (χ0n) is 17.0. The van der Waals surface area contributed by atoms with Crippen LogP contribution in [0.15, 0.2) is 60.9 Å². The van der Waals surface area contributed by atoms with Gasteiger partial charge in [-0.25, -0.2) is 4.98 Å². The van der Waals surface area contributed by atoms with Gasteiger partial charge in [0.1, 0.15) is 5.82 Å². The third-order valence-electron chi connectivity index (χ3n) is 5.81. The van der Waals surface area contributed by atoms with E-state index in [0.717, 1.165) is 54.1 Å². The maximum atomic E-state index is 6.46. The van der Waals surface area contributed by atoms with Gasteiger partial charge < -0.3 is 21.3 Å². The first-order valence-electron chi connectivity index (χ1n) is 10.1. The lowest BCUT2D eigenvalue weighted by atomic mass is 10.1. The lowest BCUT2D eigenvalue weighted by Gasteiger charge is -2.34. The van der Waals surface area contributed by atoms with Crippen LogP contribution in [0.5, 0.6) is 0 Å². The summed E-state index contributed by atoms with van der Waals surface area (Å²) in [6.07, 6.45) is 3.65. The minimum absolute atomic E-state index is 0.561. The van der Waals surface area contributed by atoms with Crippen LogP contribution in [0.4, 0.5) is 17.2 Å². The molecule has 4 N–H and O–H groups in total. The number of nitrogens with zero attached hydrogens (tertiary/aromatic N) is 5. The summed E-state index contributed by atoms with van der Waals surface area (Å²) >= 11 is 0. The highest BCUT2D eigenvalue weighted by atomic mass is 15.3. The van der Waals surface area contributed by atoms with Crippen molar-refractivity contribution in [2.45, 2.75) is 0 Å². The fourth-order valence-electron chi connectivity index (χ4n) is 3.97. The van der Waals surface area contributed by atoms with Crippen LogP contribution in [0.25, 0.3) is 27.9 Å². The van der Waals surface area contributed by atoms with Gasteiger partial charge in [0.05, 0.1) is 6.20 Å².